The highest BCUT2D eigenvalue weighted by Crippen LogP contribution is 2.09. The minimum Gasteiger partial charge on any atom is -0.548 e. The number of rotatable bonds is 6. The zero-order valence-electron chi connectivity index (χ0n) is 30.0. The number of carbonyl (C=O) groups excluding carboxylic acids is 8. The number of ether oxygens (including phenoxy) is 1. The van der Waals surface area contributed by atoms with Crippen LogP contribution < -0.4 is 16.2 Å². The van der Waals surface area contributed by atoms with Crippen LogP contribution in [0.5, 0.6) is 0 Å². The summed E-state index contributed by atoms with van der Waals surface area (Å²) < 4.78 is 17.4. The molecule has 1 fully saturated rings. The topological polar surface area (TPSA) is 287 Å². The molecule has 1 aliphatic rings. The number of nitrogens with one attached hydrogen (secondary N) is 1. The predicted molar refractivity (Wildman–Crippen MR) is 151 cm³/mol. The Morgan fingerprint density at radius 2 is 1.49 bits per heavy atom. The normalized spacial score (nSPS) is 14.3. The molecule has 1 heterocycles. The van der Waals surface area contributed by atoms with Crippen molar-refractivity contribution in [3.63, 3.8) is 0 Å². The Labute approximate surface area is 257 Å². The molecule has 0 bridgehead atoms. The lowest BCUT2D eigenvalue weighted by atomic mass is 10.1. The van der Waals surface area contributed by atoms with E-state index < -0.39 is 54.9 Å². The number of likely N-dealkylation sites (N-methyl/N-ethyl adjacent to an activating group) is 4. The smallest absolute Gasteiger partial charge is 0.548 e. The van der Waals surface area contributed by atoms with Crippen LogP contribution in [0.25, 0.3) is 0 Å². The number of hydrogen-bond acceptors (Lipinski definition) is 11. The minimum atomic E-state index is -1.36. The lowest BCUT2D eigenvalue weighted by Crippen LogP contribution is -2.43. The molecule has 0 radical (unpaired) electrons. The molecule has 0 saturated carbocycles. The molecule has 1 rings (SSSR count). The molecule has 1 saturated heterocycles. The van der Waals surface area contributed by atoms with Crippen LogP contribution in [0.3, 0.4) is 0 Å². The number of carboxylic acids is 2. The number of esters is 1. The molecule has 0 aromatic carbocycles. The van der Waals surface area contributed by atoms with Gasteiger partial charge in [-0.05, 0) is 27.2 Å². The van der Waals surface area contributed by atoms with Gasteiger partial charge in [-0.15, -0.1) is 0 Å². The molecule has 4 atom stereocenters. The fourth-order valence-corrected chi connectivity index (χ4v) is 1.44. The minimum absolute atomic E-state index is 0. The highest BCUT2D eigenvalue weighted by atomic mass is 16.6. The van der Waals surface area contributed by atoms with Crippen molar-refractivity contribution in [1.82, 2.24) is 20.0 Å². The molecule has 0 spiro atoms. The van der Waals surface area contributed by atoms with Crippen LogP contribution in [0.2, 0.25) is 0 Å². The van der Waals surface area contributed by atoms with E-state index in [1.165, 1.54) is 40.0 Å². The second-order valence-electron chi connectivity index (χ2n) is 7.39. The molecule has 0 aromatic heterocycles. The third kappa shape index (κ3) is 30.4. The highest BCUT2D eigenvalue weighted by molar-refractivity contribution is 5.94. The first-order valence-corrected chi connectivity index (χ1v) is 12.5. The van der Waals surface area contributed by atoms with Gasteiger partial charge < -0.3 is 46.1 Å². The van der Waals surface area contributed by atoms with Gasteiger partial charge in [-0.25, -0.2) is 9.59 Å². The van der Waals surface area contributed by atoms with Crippen LogP contribution in [-0.2, 0) is 43.1 Å². The van der Waals surface area contributed by atoms with Gasteiger partial charge >= 0.3 is 25.6 Å². The maximum absolute atomic E-state index is 10.9. The highest BCUT2D eigenvalue weighted by Gasteiger charge is 2.34. The van der Waals surface area contributed by atoms with Crippen molar-refractivity contribution in [3.8, 4) is 0 Å². The van der Waals surface area contributed by atoms with E-state index in [1.54, 1.807) is 27.8 Å². The molecular formula is C25H52N5O13+. The van der Waals surface area contributed by atoms with Gasteiger partial charge in [0.1, 0.15) is 14.8 Å². The van der Waals surface area contributed by atoms with Crippen LogP contribution in [0, 0.1) is 5.92 Å². The van der Waals surface area contributed by atoms with E-state index >= 15 is 0 Å². The van der Waals surface area contributed by atoms with Crippen LogP contribution >= 0.6 is 0 Å². The average molecular weight is 634 g/mol. The van der Waals surface area contributed by atoms with E-state index in [9.17, 15) is 38.7 Å². The van der Waals surface area contributed by atoms with E-state index in [0.717, 1.165) is 16.2 Å². The molecule has 0 aromatic rings. The number of carboxylic acid groups (broad SMARTS) is 2. The Bertz CT molecular complexity index is 888. The van der Waals surface area contributed by atoms with Crippen LogP contribution in [0.1, 0.15) is 59.1 Å². The molecule has 18 heteroatoms. The lowest BCUT2D eigenvalue weighted by molar-refractivity contribution is -0.325. The fourth-order valence-electron chi connectivity index (χ4n) is 1.44. The molecule has 4 amide bonds. The number of amides is 4. The molecule has 1 aliphatic heterocycles. The second kappa shape index (κ2) is 35.6. The maximum Gasteiger partial charge on any atom is 1.00 e. The first kappa shape index (κ1) is 48.3. The van der Waals surface area contributed by atoms with E-state index in [0.29, 0.717) is 0 Å². The van der Waals surface area contributed by atoms with Crippen LogP contribution in [0.15, 0.2) is 0 Å². The average Bonchev–Trinajstić information content (AvgIpc) is 3.22. The van der Waals surface area contributed by atoms with Crippen molar-refractivity contribution >= 4 is 48.8 Å². The molecule has 7 N–H and O–H groups in total. The number of aliphatic carboxylic acids is 2. The summed E-state index contributed by atoms with van der Waals surface area (Å²) in [6.07, 6.45) is -1.49. The largest absolute Gasteiger partial charge is 1.00 e. The molecule has 4 unspecified atom stereocenters. The summed E-state index contributed by atoms with van der Waals surface area (Å²) in [7, 11) is 7.41. The fraction of sp³-hybridized carbons (Fsp3) is 0.680. The third-order valence-corrected chi connectivity index (χ3v) is 4.85. The second-order valence-corrected chi connectivity index (χ2v) is 7.39. The number of cyclic esters (lactones) is 2. The van der Waals surface area contributed by atoms with Crippen molar-refractivity contribution in [2.24, 2.45) is 5.92 Å². The summed E-state index contributed by atoms with van der Waals surface area (Å²) in [5, 5.41) is 20.6. The van der Waals surface area contributed by atoms with Gasteiger partial charge in [-0.2, -0.15) is 9.59 Å². The van der Waals surface area contributed by atoms with Crippen molar-refractivity contribution in [2.75, 3.05) is 35.2 Å². The van der Waals surface area contributed by atoms with Crippen LogP contribution in [0.4, 0.5) is 4.79 Å². The SMILES string of the molecule is CC.CC1C(=O)OC(=O)N1C.CCC(C)C(=O)O.C[NH3+].O.O=C=O.[2H+].[2H]C(=O)N(C)C(C)C(=O)NC.[2H]C(=O)N(C)C(C)C(=O)[O-]. The summed E-state index contributed by atoms with van der Waals surface area (Å²) in [5.74, 6) is -2.98. The van der Waals surface area contributed by atoms with Gasteiger partial charge in [0.05, 0.1) is 25.0 Å². The predicted octanol–water partition coefficient (Wildman–Crippen LogP) is -2.89. The maximum atomic E-state index is 10.9. The molecule has 18 nitrogen and oxygen atoms in total. The Hall–Kier alpha value is -4.41. The monoisotopic (exact) mass is 633 g/mol. The summed E-state index contributed by atoms with van der Waals surface area (Å²) in [5.41, 5.74) is 3.25. The number of quaternary nitrogens is 1. The first-order chi connectivity index (χ1) is 20.2. The zero-order valence-corrected chi connectivity index (χ0v) is 27.0. The Morgan fingerprint density at radius 3 is 1.60 bits per heavy atom. The summed E-state index contributed by atoms with van der Waals surface area (Å²) >= 11 is 0. The molecule has 43 heavy (non-hydrogen) atoms. The van der Waals surface area contributed by atoms with E-state index in [1.807, 2.05) is 20.8 Å². The molecule has 0 aliphatic carbocycles. The number of carbonyl (C=O) groups is 7. The number of hydrogen-bond donors (Lipinski definition) is 3. The van der Waals surface area contributed by atoms with E-state index in [4.69, 9.17) is 17.4 Å². The Kier molecular flexibility index (Phi) is 40.0. The Morgan fingerprint density at radius 1 is 1.14 bits per heavy atom. The van der Waals surface area contributed by atoms with Gasteiger partial charge in [-0.1, -0.05) is 27.7 Å². The van der Waals surface area contributed by atoms with Crippen molar-refractivity contribution in [3.05, 3.63) is 0 Å². The van der Waals surface area contributed by atoms with Gasteiger partial charge in [0.2, 0.25) is 18.7 Å². The zero-order chi connectivity index (χ0) is 36.9. The van der Waals surface area contributed by atoms with Gasteiger partial charge in [-0.3, -0.25) is 24.1 Å². The van der Waals surface area contributed by atoms with E-state index in [2.05, 4.69) is 15.8 Å². The third-order valence-electron chi connectivity index (χ3n) is 4.85. The van der Waals surface area contributed by atoms with Crippen molar-refractivity contribution in [1.29, 1.82) is 0 Å². The van der Waals surface area contributed by atoms with Crippen molar-refractivity contribution < 1.29 is 73.5 Å². The van der Waals surface area contributed by atoms with Crippen LogP contribution in [-0.4, -0.2) is 127 Å². The first-order valence-electron chi connectivity index (χ1n) is 13.5. The van der Waals surface area contributed by atoms with Gasteiger partial charge in [0.25, 0.3) is 0 Å². The molecule has 254 valence electrons. The summed E-state index contributed by atoms with van der Waals surface area (Å²) in [4.78, 5) is 91.8. The van der Waals surface area contributed by atoms with Gasteiger partial charge in [0.15, 0.2) is 0 Å². The van der Waals surface area contributed by atoms with E-state index in [-0.39, 0.29) is 24.9 Å². The lowest BCUT2D eigenvalue weighted by Gasteiger charge is -2.20. The summed E-state index contributed by atoms with van der Waals surface area (Å²) in [6.45, 7) is 12.0. The molecular weight excluding hydrogens is 578 g/mol. The standard InChI is InChI=1S/C6H12N2O2.C5H7NO3.C5H9NO3.C5H10O2.C2H6.CH5N.CO2.H2O/c1-5(6(10)7-2)8(3)4-9;1-3-4(7)9-5(8)6(3)2;1-4(5(8)9)6(2)3-7;1-3-4(2)5(6)7;2*1-2;2-1-3;/h4-5H,1-3H3,(H,7,10);3H,1-2H3;3-4H,1-2H3,(H,8,9);4H,3H2,1-2H3,(H,6,7);1-2H3;2H2,1H3;;1H2/p+1/i4D;;3D;;;;;/hD. The summed E-state index contributed by atoms with van der Waals surface area (Å²) in [6, 6.07) is -2.03. The van der Waals surface area contributed by atoms with Crippen molar-refractivity contribution in [2.45, 2.75) is 73.0 Å². The number of nitrogens with zero attached hydrogens (tertiary/aromatic N) is 3. The van der Waals surface area contributed by atoms with Gasteiger partial charge in [0, 0.05) is 28.2 Å². The Balaban J connectivity index is -0.0000000649. The quantitative estimate of drug-likeness (QED) is 0.151.